The Kier molecular flexibility index (Phi) is 2.82. The molecule has 1 unspecified atom stereocenters. The van der Waals surface area contributed by atoms with Gasteiger partial charge in [-0.2, -0.15) is 5.26 Å². The lowest BCUT2D eigenvalue weighted by atomic mass is 9.94. The third-order valence-corrected chi connectivity index (χ3v) is 2.19. The predicted molar refractivity (Wildman–Crippen MR) is 51.3 cm³/mol. The summed E-state index contributed by atoms with van der Waals surface area (Å²) in [6.45, 7) is 1.67. The van der Waals surface area contributed by atoms with Crippen LogP contribution in [0.3, 0.4) is 0 Å². The Balaban J connectivity index is 2.85. The second-order valence-corrected chi connectivity index (χ2v) is 3.63. The van der Waals surface area contributed by atoms with Crippen molar-refractivity contribution in [3.8, 4) is 6.07 Å². The Morgan fingerprint density at radius 2 is 2.50 bits per heavy atom. The fraction of sp³-hybridized carbons (Fsp3) is 0.333. The fourth-order valence-corrected chi connectivity index (χ4v) is 1.58. The van der Waals surface area contributed by atoms with Gasteiger partial charge in [-0.1, -0.05) is 11.6 Å². The average Bonchev–Trinajstić information content (AvgIpc) is 2.02. The van der Waals surface area contributed by atoms with E-state index in [0.29, 0.717) is 10.6 Å². The molecule has 1 amide bonds. The van der Waals surface area contributed by atoms with E-state index in [9.17, 15) is 4.79 Å². The number of ether oxygens (including phenoxy) is 1. The maximum atomic E-state index is 10.6. The average molecular weight is 213 g/mol. The van der Waals surface area contributed by atoms with Gasteiger partial charge in [0, 0.05) is 11.5 Å². The van der Waals surface area contributed by atoms with Gasteiger partial charge in [0.25, 0.3) is 0 Å². The van der Waals surface area contributed by atoms with Crippen LogP contribution in [0.25, 0.3) is 0 Å². The molecule has 0 aromatic rings. The van der Waals surface area contributed by atoms with Crippen molar-refractivity contribution < 1.29 is 9.53 Å². The quantitative estimate of drug-likeness (QED) is 0.720. The number of nitrogens with two attached hydrogens (primary N) is 1. The second-order valence-electron chi connectivity index (χ2n) is 3.17. The van der Waals surface area contributed by atoms with Crippen molar-refractivity contribution in [2.75, 3.05) is 0 Å². The number of nitriles is 1. The Bertz CT molecular complexity index is 367. The highest BCUT2D eigenvalue weighted by Crippen LogP contribution is 2.31. The van der Waals surface area contributed by atoms with Crippen molar-refractivity contribution in [1.82, 2.24) is 0 Å². The molecule has 1 aliphatic carbocycles. The van der Waals surface area contributed by atoms with Crippen LogP contribution in [0, 0.1) is 11.3 Å². The van der Waals surface area contributed by atoms with Crippen molar-refractivity contribution in [1.29, 1.82) is 5.26 Å². The molecule has 74 valence electrons. The topological polar surface area (TPSA) is 76.1 Å². The van der Waals surface area contributed by atoms with Gasteiger partial charge in [0.05, 0.1) is 5.57 Å². The predicted octanol–water partition coefficient (Wildman–Crippen LogP) is 1.82. The van der Waals surface area contributed by atoms with Gasteiger partial charge in [0.2, 0.25) is 0 Å². The number of carbonyl (C=O) groups excluding carboxylic acids is 1. The largest absolute Gasteiger partial charge is 0.439 e. The zero-order valence-corrected chi connectivity index (χ0v) is 8.34. The lowest BCUT2D eigenvalue weighted by molar-refractivity contribution is 0.0675. The SMILES string of the molecule is CC1(OC(N)=O)C=CC(C#N)=C(Cl)C1. The molecule has 4 nitrogen and oxygen atoms in total. The molecular weight excluding hydrogens is 204 g/mol. The lowest BCUT2D eigenvalue weighted by Crippen LogP contribution is -2.33. The van der Waals surface area contributed by atoms with E-state index in [2.05, 4.69) is 0 Å². The summed E-state index contributed by atoms with van der Waals surface area (Å²) in [5.41, 5.74) is 4.44. The molecule has 5 heteroatoms. The van der Waals surface area contributed by atoms with Crippen LogP contribution in [0.5, 0.6) is 0 Å². The Labute approximate surface area is 86.6 Å². The van der Waals surface area contributed by atoms with Crippen molar-refractivity contribution in [3.05, 3.63) is 22.8 Å². The van der Waals surface area contributed by atoms with Gasteiger partial charge in [0.1, 0.15) is 11.7 Å². The molecule has 0 aromatic heterocycles. The highest BCUT2D eigenvalue weighted by molar-refractivity contribution is 6.30. The third kappa shape index (κ3) is 2.27. The molecule has 0 bridgehead atoms. The maximum Gasteiger partial charge on any atom is 0.405 e. The summed E-state index contributed by atoms with van der Waals surface area (Å²) in [6, 6.07) is 1.93. The summed E-state index contributed by atoms with van der Waals surface area (Å²) < 4.78 is 4.87. The van der Waals surface area contributed by atoms with Crippen LogP contribution in [-0.4, -0.2) is 11.7 Å². The zero-order valence-electron chi connectivity index (χ0n) is 7.58. The highest BCUT2D eigenvalue weighted by Gasteiger charge is 2.29. The first kappa shape index (κ1) is 10.6. The summed E-state index contributed by atoms with van der Waals surface area (Å²) in [6.07, 6.45) is 2.54. The molecule has 0 heterocycles. The van der Waals surface area contributed by atoms with Gasteiger partial charge in [-0.3, -0.25) is 0 Å². The van der Waals surface area contributed by atoms with Crippen LogP contribution in [0.1, 0.15) is 13.3 Å². The molecule has 0 saturated heterocycles. The minimum Gasteiger partial charge on any atom is -0.439 e. The smallest absolute Gasteiger partial charge is 0.405 e. The number of halogens is 1. The normalized spacial score (nSPS) is 25.8. The van der Waals surface area contributed by atoms with E-state index in [1.807, 2.05) is 6.07 Å². The van der Waals surface area contributed by atoms with Gasteiger partial charge in [0.15, 0.2) is 0 Å². The van der Waals surface area contributed by atoms with E-state index in [0.717, 1.165) is 0 Å². The molecule has 1 rings (SSSR count). The van der Waals surface area contributed by atoms with E-state index in [4.69, 9.17) is 27.3 Å². The molecule has 0 saturated carbocycles. The zero-order chi connectivity index (χ0) is 10.8. The summed E-state index contributed by atoms with van der Waals surface area (Å²) >= 11 is 5.82. The standard InChI is InChI=1S/C9H9ClN2O2/c1-9(14-8(12)13)3-2-6(5-11)7(10)4-9/h2-3H,4H2,1H3,(H2,12,13). The van der Waals surface area contributed by atoms with Gasteiger partial charge in [-0.15, -0.1) is 0 Å². The van der Waals surface area contributed by atoms with Gasteiger partial charge in [-0.05, 0) is 19.1 Å². The number of hydrogen-bond donors (Lipinski definition) is 1. The summed E-state index contributed by atoms with van der Waals surface area (Å²) in [5.74, 6) is 0. The number of amides is 1. The highest BCUT2D eigenvalue weighted by atomic mass is 35.5. The molecule has 14 heavy (non-hydrogen) atoms. The molecular formula is C9H9ClN2O2. The first-order valence-electron chi connectivity index (χ1n) is 3.93. The first-order chi connectivity index (χ1) is 6.47. The third-order valence-electron chi connectivity index (χ3n) is 1.86. The monoisotopic (exact) mass is 212 g/mol. The van der Waals surface area contributed by atoms with Crippen LogP contribution in [0.2, 0.25) is 0 Å². The van der Waals surface area contributed by atoms with Crippen molar-refractivity contribution >= 4 is 17.7 Å². The van der Waals surface area contributed by atoms with E-state index in [-0.39, 0.29) is 6.42 Å². The first-order valence-corrected chi connectivity index (χ1v) is 4.31. The maximum absolute atomic E-state index is 10.6. The number of allylic oxidation sites excluding steroid dienone is 2. The van der Waals surface area contributed by atoms with Crippen molar-refractivity contribution in [3.63, 3.8) is 0 Å². The Morgan fingerprint density at radius 1 is 1.86 bits per heavy atom. The van der Waals surface area contributed by atoms with Crippen molar-refractivity contribution in [2.45, 2.75) is 18.9 Å². The van der Waals surface area contributed by atoms with E-state index >= 15 is 0 Å². The molecule has 1 aliphatic rings. The molecule has 1 atom stereocenters. The summed E-state index contributed by atoms with van der Waals surface area (Å²) in [5, 5.41) is 9.01. The van der Waals surface area contributed by atoms with Gasteiger partial charge >= 0.3 is 6.09 Å². The van der Waals surface area contributed by atoms with Gasteiger partial charge in [-0.25, -0.2) is 4.79 Å². The van der Waals surface area contributed by atoms with Crippen LogP contribution in [0.15, 0.2) is 22.8 Å². The number of nitrogens with zero attached hydrogens (tertiary/aromatic N) is 1. The number of carbonyl (C=O) groups is 1. The minimum absolute atomic E-state index is 0.275. The number of rotatable bonds is 1. The Hall–Kier alpha value is -1.47. The molecule has 0 aliphatic heterocycles. The van der Waals surface area contributed by atoms with Gasteiger partial charge < -0.3 is 10.5 Å². The molecule has 0 aromatic carbocycles. The summed E-state index contributed by atoms with van der Waals surface area (Å²) in [7, 11) is 0. The second kappa shape index (κ2) is 3.72. The van der Waals surface area contributed by atoms with Crippen LogP contribution >= 0.6 is 11.6 Å². The molecule has 0 fully saturated rings. The van der Waals surface area contributed by atoms with Crippen molar-refractivity contribution in [2.24, 2.45) is 5.73 Å². The summed E-state index contributed by atoms with van der Waals surface area (Å²) in [4.78, 5) is 10.6. The minimum atomic E-state index is -0.859. The van der Waals surface area contributed by atoms with Crippen LogP contribution in [0.4, 0.5) is 4.79 Å². The number of hydrogen-bond acceptors (Lipinski definition) is 3. The molecule has 2 N–H and O–H groups in total. The van der Waals surface area contributed by atoms with Crippen LogP contribution < -0.4 is 5.73 Å². The number of primary amides is 1. The molecule has 0 radical (unpaired) electrons. The lowest BCUT2D eigenvalue weighted by Gasteiger charge is -2.27. The van der Waals surface area contributed by atoms with Crippen LogP contribution in [-0.2, 0) is 4.74 Å². The Morgan fingerprint density at radius 3 is 2.93 bits per heavy atom. The van der Waals surface area contributed by atoms with E-state index < -0.39 is 11.7 Å². The van der Waals surface area contributed by atoms with E-state index in [1.54, 1.807) is 13.0 Å². The molecule has 0 spiro atoms. The van der Waals surface area contributed by atoms with E-state index in [1.165, 1.54) is 6.08 Å². The fourth-order valence-electron chi connectivity index (χ4n) is 1.21.